The summed E-state index contributed by atoms with van der Waals surface area (Å²) >= 11 is 0. The van der Waals surface area contributed by atoms with Crippen LogP contribution in [-0.4, -0.2) is 25.2 Å². The van der Waals surface area contributed by atoms with Crippen molar-refractivity contribution in [2.75, 3.05) is 13.2 Å². The van der Waals surface area contributed by atoms with E-state index in [1.54, 1.807) is 24.3 Å². The number of benzene rings is 3. The van der Waals surface area contributed by atoms with Gasteiger partial charge in [-0.1, -0.05) is 36.9 Å². The molecule has 0 aliphatic carbocycles. The molecule has 3 aromatic carbocycles. The van der Waals surface area contributed by atoms with E-state index in [0.29, 0.717) is 24.5 Å². The van der Waals surface area contributed by atoms with E-state index in [-0.39, 0.29) is 18.1 Å². The van der Waals surface area contributed by atoms with Gasteiger partial charge in [0.05, 0.1) is 18.8 Å². The van der Waals surface area contributed by atoms with Gasteiger partial charge in [0, 0.05) is 12.1 Å². The van der Waals surface area contributed by atoms with Crippen molar-refractivity contribution in [1.82, 2.24) is 0 Å². The van der Waals surface area contributed by atoms with Gasteiger partial charge in [0.25, 0.3) is 0 Å². The van der Waals surface area contributed by atoms with Gasteiger partial charge in [-0.3, -0.25) is 0 Å². The van der Waals surface area contributed by atoms with Crippen LogP contribution in [0.15, 0.2) is 85.5 Å². The van der Waals surface area contributed by atoms with Crippen LogP contribution in [0.4, 0.5) is 4.39 Å². The predicted molar refractivity (Wildman–Crippen MR) is 134 cm³/mol. The van der Waals surface area contributed by atoms with Crippen LogP contribution >= 0.6 is 0 Å². The third-order valence-corrected chi connectivity index (χ3v) is 5.16. The van der Waals surface area contributed by atoms with Crippen molar-refractivity contribution < 1.29 is 32.9 Å². The Morgan fingerprint density at radius 3 is 2.19 bits per heavy atom. The van der Waals surface area contributed by atoms with Crippen LogP contribution in [-0.2, 0) is 16.1 Å². The van der Waals surface area contributed by atoms with Gasteiger partial charge in [-0.15, -0.1) is 0 Å². The predicted octanol–water partition coefficient (Wildman–Crippen LogP) is 6.29. The molecule has 3 rings (SSSR count). The summed E-state index contributed by atoms with van der Waals surface area (Å²) in [6.45, 7) is 4.51. The second-order valence-corrected chi connectivity index (χ2v) is 7.91. The smallest absolute Gasteiger partial charge is 0.343 e. The summed E-state index contributed by atoms with van der Waals surface area (Å²) in [6, 6.07) is 20.1. The van der Waals surface area contributed by atoms with E-state index in [0.717, 1.165) is 43.4 Å². The van der Waals surface area contributed by atoms with E-state index >= 15 is 0 Å². The first-order chi connectivity index (χ1) is 17.5. The molecule has 0 N–H and O–H groups in total. The molecule has 7 heteroatoms. The second kappa shape index (κ2) is 14.3. The minimum atomic E-state index is -0.613. The topological polar surface area (TPSA) is 71.1 Å². The van der Waals surface area contributed by atoms with Gasteiger partial charge in [-0.2, -0.15) is 0 Å². The van der Waals surface area contributed by atoms with E-state index in [9.17, 15) is 14.0 Å². The summed E-state index contributed by atoms with van der Waals surface area (Å²) in [5.41, 5.74) is 1.24. The molecule has 0 heterocycles. The summed E-state index contributed by atoms with van der Waals surface area (Å²) in [7, 11) is 0. The zero-order chi connectivity index (χ0) is 25.6. The maximum Gasteiger partial charge on any atom is 0.343 e. The largest absolute Gasteiger partial charge is 0.494 e. The van der Waals surface area contributed by atoms with Crippen LogP contribution in [0.5, 0.6) is 17.2 Å². The van der Waals surface area contributed by atoms with E-state index < -0.39 is 17.8 Å². The molecule has 0 aliphatic rings. The lowest BCUT2D eigenvalue weighted by atomic mass is 10.2. The van der Waals surface area contributed by atoms with E-state index in [4.69, 9.17) is 18.9 Å². The first kappa shape index (κ1) is 26.5. The van der Waals surface area contributed by atoms with Crippen molar-refractivity contribution >= 4 is 11.9 Å². The molecule has 0 amide bonds. The van der Waals surface area contributed by atoms with Crippen molar-refractivity contribution in [3.8, 4) is 17.2 Å². The molecule has 6 nitrogen and oxygen atoms in total. The lowest BCUT2D eigenvalue weighted by Gasteiger charge is -2.10. The molecule has 0 saturated carbocycles. The zero-order valence-corrected chi connectivity index (χ0v) is 20.0. The van der Waals surface area contributed by atoms with Crippen LogP contribution in [0.1, 0.15) is 41.6 Å². The normalized spacial score (nSPS) is 10.4. The second-order valence-electron chi connectivity index (χ2n) is 7.91. The van der Waals surface area contributed by atoms with Crippen molar-refractivity contribution in [3.05, 3.63) is 102 Å². The fourth-order valence-corrected chi connectivity index (χ4v) is 3.23. The monoisotopic (exact) mass is 492 g/mol. The molecular weight excluding hydrogens is 463 g/mol. The summed E-state index contributed by atoms with van der Waals surface area (Å²) in [5, 5.41) is 0. The molecule has 0 atom stereocenters. The Bertz CT molecular complexity index is 1130. The highest BCUT2D eigenvalue weighted by Crippen LogP contribution is 2.24. The first-order valence-corrected chi connectivity index (χ1v) is 11.8. The Kier molecular flexibility index (Phi) is 10.5. The molecular formula is C29H29FO6. The van der Waals surface area contributed by atoms with Crippen molar-refractivity contribution in [2.45, 2.75) is 32.3 Å². The van der Waals surface area contributed by atoms with Crippen LogP contribution in [0.25, 0.3) is 0 Å². The molecule has 0 spiro atoms. The summed E-state index contributed by atoms with van der Waals surface area (Å²) < 4.78 is 35.8. The summed E-state index contributed by atoms with van der Waals surface area (Å²) in [4.78, 5) is 23.4. The Balaban J connectivity index is 1.38. The fraction of sp³-hybridized carbons (Fsp3) is 0.241. The number of ether oxygens (including phenoxy) is 4. The van der Waals surface area contributed by atoms with Gasteiger partial charge >= 0.3 is 11.9 Å². The molecule has 0 radical (unpaired) electrons. The van der Waals surface area contributed by atoms with Crippen molar-refractivity contribution in [3.63, 3.8) is 0 Å². The van der Waals surface area contributed by atoms with Gasteiger partial charge in [-0.25, -0.2) is 14.0 Å². The molecule has 0 fully saturated rings. The zero-order valence-electron chi connectivity index (χ0n) is 20.0. The van der Waals surface area contributed by atoms with Gasteiger partial charge in [0.1, 0.15) is 18.1 Å². The van der Waals surface area contributed by atoms with Crippen molar-refractivity contribution in [2.24, 2.45) is 0 Å². The molecule has 36 heavy (non-hydrogen) atoms. The molecule has 3 aromatic rings. The molecule has 0 aromatic heterocycles. The average Bonchev–Trinajstić information content (AvgIpc) is 2.90. The van der Waals surface area contributed by atoms with Gasteiger partial charge in [-0.05, 0) is 67.6 Å². The van der Waals surface area contributed by atoms with Crippen LogP contribution in [0, 0.1) is 5.82 Å². The number of hydrogen-bond acceptors (Lipinski definition) is 6. The maximum absolute atomic E-state index is 14.4. The summed E-state index contributed by atoms with van der Waals surface area (Å²) in [5.74, 6) is -0.813. The van der Waals surface area contributed by atoms with E-state index in [1.165, 1.54) is 12.1 Å². The molecule has 0 bridgehead atoms. The van der Waals surface area contributed by atoms with Crippen LogP contribution in [0.3, 0.4) is 0 Å². The van der Waals surface area contributed by atoms with E-state index in [1.807, 2.05) is 30.3 Å². The maximum atomic E-state index is 14.4. The molecule has 0 saturated heterocycles. The molecule has 0 unspecified atom stereocenters. The number of carbonyl (C=O) groups is 2. The highest BCUT2D eigenvalue weighted by molar-refractivity contribution is 5.91. The Morgan fingerprint density at radius 1 is 0.806 bits per heavy atom. The third-order valence-electron chi connectivity index (χ3n) is 5.16. The highest BCUT2D eigenvalue weighted by atomic mass is 19.1. The number of halogens is 1. The fourth-order valence-electron chi connectivity index (χ4n) is 3.23. The Morgan fingerprint density at radius 2 is 1.50 bits per heavy atom. The minimum absolute atomic E-state index is 0.0799. The summed E-state index contributed by atoms with van der Waals surface area (Å²) in [6.07, 6.45) is 4.68. The number of esters is 2. The Labute approximate surface area is 210 Å². The standard InChI is InChI=1S/C29H29FO6/c1-2-28(31)34-19-9-4-3-8-18-33-24-14-12-23(13-15-24)29(32)36-25-16-17-27(26(30)20-25)35-21-22-10-6-5-7-11-22/h2,5-7,10-17,20H,1,3-4,8-9,18-19,21H2. The molecule has 188 valence electrons. The lowest BCUT2D eigenvalue weighted by molar-refractivity contribution is -0.137. The minimum Gasteiger partial charge on any atom is -0.494 e. The van der Waals surface area contributed by atoms with Crippen molar-refractivity contribution in [1.29, 1.82) is 0 Å². The van der Waals surface area contributed by atoms with Gasteiger partial charge in [0.15, 0.2) is 11.6 Å². The van der Waals surface area contributed by atoms with E-state index in [2.05, 4.69) is 6.58 Å². The number of rotatable bonds is 14. The number of unbranched alkanes of at least 4 members (excludes halogenated alkanes) is 3. The van der Waals surface area contributed by atoms with Gasteiger partial charge < -0.3 is 18.9 Å². The lowest BCUT2D eigenvalue weighted by Crippen LogP contribution is -2.09. The van der Waals surface area contributed by atoms with Crippen LogP contribution < -0.4 is 14.2 Å². The first-order valence-electron chi connectivity index (χ1n) is 11.8. The number of hydrogen-bond donors (Lipinski definition) is 0. The quantitative estimate of drug-likeness (QED) is 0.114. The number of carbonyl (C=O) groups excluding carboxylic acids is 2. The van der Waals surface area contributed by atoms with Gasteiger partial charge in [0.2, 0.25) is 0 Å². The third kappa shape index (κ3) is 8.91. The van der Waals surface area contributed by atoms with Crippen LogP contribution in [0.2, 0.25) is 0 Å². The Hall–Kier alpha value is -4.13. The molecule has 0 aliphatic heterocycles. The SMILES string of the molecule is C=CC(=O)OCCCCCCOc1ccc(C(=O)Oc2ccc(OCc3ccccc3)c(F)c2)cc1. The highest BCUT2D eigenvalue weighted by Gasteiger charge is 2.12. The average molecular weight is 493 g/mol.